The average molecular weight is 247 g/mol. The van der Waals surface area contributed by atoms with Gasteiger partial charge in [0.05, 0.1) is 11.0 Å². The normalized spacial score (nSPS) is 9.56. The molecule has 1 aromatic carbocycles. The van der Waals surface area contributed by atoms with Crippen molar-refractivity contribution in [3.05, 3.63) is 39.9 Å². The Morgan fingerprint density at radius 1 is 1.50 bits per heavy atom. The molecular formula is C12H13N3O3. The first-order valence-electron chi connectivity index (χ1n) is 5.51. The molecule has 0 aliphatic heterocycles. The molecule has 0 aromatic heterocycles. The molecule has 1 rings (SSSR count). The van der Waals surface area contributed by atoms with Gasteiger partial charge in [0.25, 0.3) is 11.6 Å². The van der Waals surface area contributed by atoms with E-state index in [0.29, 0.717) is 13.0 Å². The van der Waals surface area contributed by atoms with Crippen molar-refractivity contribution in [2.75, 3.05) is 13.1 Å². The molecule has 0 radical (unpaired) electrons. The molecular weight excluding hydrogens is 234 g/mol. The molecule has 0 saturated heterocycles. The van der Waals surface area contributed by atoms with Gasteiger partial charge in [-0.05, 0) is 12.5 Å². The smallest absolute Gasteiger partial charge is 0.282 e. The Kier molecular flexibility index (Phi) is 4.81. The second kappa shape index (κ2) is 6.35. The molecule has 0 N–H and O–H groups in total. The number of nitro groups is 1. The Balaban J connectivity index is 3.09. The van der Waals surface area contributed by atoms with Gasteiger partial charge in [-0.25, -0.2) is 0 Å². The minimum Gasteiger partial charge on any atom is -0.325 e. The summed E-state index contributed by atoms with van der Waals surface area (Å²) in [6.45, 7) is 2.20. The van der Waals surface area contributed by atoms with Gasteiger partial charge in [0.15, 0.2) is 0 Å². The maximum absolute atomic E-state index is 12.1. The minimum absolute atomic E-state index is 0.0196. The highest BCUT2D eigenvalue weighted by molar-refractivity contribution is 5.98. The maximum Gasteiger partial charge on any atom is 0.282 e. The Bertz CT molecular complexity index is 494. The molecule has 0 fully saturated rings. The predicted octanol–water partition coefficient (Wildman–Crippen LogP) is 1.97. The lowest BCUT2D eigenvalue weighted by Crippen LogP contribution is -2.32. The number of carbonyl (C=O) groups is 1. The van der Waals surface area contributed by atoms with Crippen LogP contribution in [0.4, 0.5) is 5.69 Å². The summed E-state index contributed by atoms with van der Waals surface area (Å²) < 4.78 is 0. The van der Waals surface area contributed by atoms with E-state index in [0.717, 1.165) is 0 Å². The third-order valence-corrected chi connectivity index (χ3v) is 2.37. The molecule has 0 spiro atoms. The Labute approximate surface area is 105 Å². The van der Waals surface area contributed by atoms with Crippen molar-refractivity contribution in [3.63, 3.8) is 0 Å². The molecule has 0 unspecified atom stereocenters. The van der Waals surface area contributed by atoms with Gasteiger partial charge in [-0.15, -0.1) is 0 Å². The topological polar surface area (TPSA) is 87.2 Å². The second-order valence-electron chi connectivity index (χ2n) is 3.66. The van der Waals surface area contributed by atoms with Gasteiger partial charge >= 0.3 is 0 Å². The zero-order valence-electron chi connectivity index (χ0n) is 10.00. The Hall–Kier alpha value is -2.42. The molecule has 0 saturated carbocycles. The van der Waals surface area contributed by atoms with Crippen LogP contribution >= 0.6 is 0 Å². The zero-order valence-corrected chi connectivity index (χ0v) is 10.00. The zero-order chi connectivity index (χ0) is 13.5. The van der Waals surface area contributed by atoms with Crippen LogP contribution in [0.25, 0.3) is 0 Å². The summed E-state index contributed by atoms with van der Waals surface area (Å²) in [5.74, 6) is -0.481. The first kappa shape index (κ1) is 13.6. The minimum atomic E-state index is -0.594. The van der Waals surface area contributed by atoms with E-state index in [1.54, 1.807) is 6.07 Å². The quantitative estimate of drug-likeness (QED) is 0.452. The number of nitrogens with zero attached hydrogens (tertiary/aromatic N) is 3. The van der Waals surface area contributed by atoms with Gasteiger partial charge in [0.1, 0.15) is 12.1 Å². The fraction of sp³-hybridized carbons (Fsp3) is 0.333. The van der Waals surface area contributed by atoms with Gasteiger partial charge in [-0.1, -0.05) is 19.1 Å². The van der Waals surface area contributed by atoms with Crippen molar-refractivity contribution in [2.45, 2.75) is 13.3 Å². The number of hydrogen-bond donors (Lipinski definition) is 0. The number of carbonyl (C=O) groups excluding carboxylic acids is 1. The van der Waals surface area contributed by atoms with Gasteiger partial charge < -0.3 is 4.90 Å². The van der Waals surface area contributed by atoms with Crippen LogP contribution in [0.1, 0.15) is 23.7 Å². The lowest BCUT2D eigenvalue weighted by molar-refractivity contribution is -0.385. The molecule has 94 valence electrons. The summed E-state index contributed by atoms with van der Waals surface area (Å²) in [5.41, 5.74) is -0.215. The largest absolute Gasteiger partial charge is 0.325 e. The van der Waals surface area contributed by atoms with E-state index in [2.05, 4.69) is 0 Å². The number of nitriles is 1. The maximum atomic E-state index is 12.1. The summed E-state index contributed by atoms with van der Waals surface area (Å²) in [4.78, 5) is 23.7. The molecule has 0 aliphatic carbocycles. The molecule has 1 aromatic rings. The third kappa shape index (κ3) is 3.04. The highest BCUT2D eigenvalue weighted by Gasteiger charge is 2.23. The number of amides is 1. The molecule has 0 atom stereocenters. The van der Waals surface area contributed by atoms with Crippen LogP contribution < -0.4 is 0 Å². The lowest BCUT2D eigenvalue weighted by atomic mass is 10.1. The van der Waals surface area contributed by atoms with Crippen LogP contribution in [-0.2, 0) is 0 Å². The molecule has 0 bridgehead atoms. The first-order chi connectivity index (χ1) is 8.61. The van der Waals surface area contributed by atoms with Crippen LogP contribution in [0.3, 0.4) is 0 Å². The highest BCUT2D eigenvalue weighted by atomic mass is 16.6. The summed E-state index contributed by atoms with van der Waals surface area (Å²) in [6, 6.07) is 7.64. The van der Waals surface area contributed by atoms with Crippen LogP contribution in [0.15, 0.2) is 24.3 Å². The summed E-state index contributed by atoms with van der Waals surface area (Å²) in [5, 5.41) is 19.5. The number of para-hydroxylation sites is 1. The van der Waals surface area contributed by atoms with E-state index < -0.39 is 10.8 Å². The second-order valence-corrected chi connectivity index (χ2v) is 3.66. The van der Waals surface area contributed by atoms with Crippen molar-refractivity contribution < 1.29 is 9.72 Å². The average Bonchev–Trinajstić information content (AvgIpc) is 2.37. The fourth-order valence-electron chi connectivity index (χ4n) is 1.59. The molecule has 1 amide bonds. The Morgan fingerprint density at radius 2 is 2.17 bits per heavy atom. The van der Waals surface area contributed by atoms with E-state index in [1.807, 2.05) is 13.0 Å². The molecule has 0 heterocycles. The van der Waals surface area contributed by atoms with Gasteiger partial charge in [-0.3, -0.25) is 14.9 Å². The number of nitro benzene ring substituents is 1. The van der Waals surface area contributed by atoms with Crippen LogP contribution in [0.5, 0.6) is 0 Å². The first-order valence-corrected chi connectivity index (χ1v) is 5.51. The lowest BCUT2D eigenvalue weighted by Gasteiger charge is -2.18. The van der Waals surface area contributed by atoms with Crippen LogP contribution in [0.2, 0.25) is 0 Å². The third-order valence-electron chi connectivity index (χ3n) is 2.37. The summed E-state index contributed by atoms with van der Waals surface area (Å²) in [6.07, 6.45) is 0.689. The monoisotopic (exact) mass is 247 g/mol. The van der Waals surface area contributed by atoms with Crippen molar-refractivity contribution in [1.82, 2.24) is 4.90 Å². The van der Waals surface area contributed by atoms with Crippen molar-refractivity contribution in [2.24, 2.45) is 0 Å². The van der Waals surface area contributed by atoms with Gasteiger partial charge in [-0.2, -0.15) is 5.26 Å². The fourth-order valence-corrected chi connectivity index (χ4v) is 1.59. The molecule has 6 nitrogen and oxygen atoms in total. The number of rotatable bonds is 5. The highest BCUT2D eigenvalue weighted by Crippen LogP contribution is 2.19. The number of benzene rings is 1. The Morgan fingerprint density at radius 3 is 2.72 bits per heavy atom. The van der Waals surface area contributed by atoms with Gasteiger partial charge in [0.2, 0.25) is 0 Å². The van der Waals surface area contributed by atoms with E-state index in [9.17, 15) is 14.9 Å². The molecule has 6 heteroatoms. The van der Waals surface area contributed by atoms with Crippen LogP contribution in [0, 0.1) is 21.4 Å². The van der Waals surface area contributed by atoms with E-state index in [-0.39, 0.29) is 17.8 Å². The standard InChI is InChI=1S/C12H13N3O3/c1-2-8-14(9-7-13)12(16)10-5-3-4-6-11(10)15(17)18/h3-6H,2,8-9H2,1H3. The van der Waals surface area contributed by atoms with Crippen molar-refractivity contribution in [3.8, 4) is 6.07 Å². The summed E-state index contributed by atoms with van der Waals surface area (Å²) >= 11 is 0. The predicted molar refractivity (Wildman–Crippen MR) is 64.9 cm³/mol. The number of hydrogen-bond acceptors (Lipinski definition) is 4. The molecule has 18 heavy (non-hydrogen) atoms. The summed E-state index contributed by atoms with van der Waals surface area (Å²) in [7, 11) is 0. The SMILES string of the molecule is CCCN(CC#N)C(=O)c1ccccc1[N+](=O)[O-]. The van der Waals surface area contributed by atoms with E-state index in [1.165, 1.54) is 23.1 Å². The molecule has 0 aliphatic rings. The van der Waals surface area contributed by atoms with Crippen molar-refractivity contribution in [1.29, 1.82) is 5.26 Å². The van der Waals surface area contributed by atoms with Gasteiger partial charge in [0, 0.05) is 12.6 Å². The van der Waals surface area contributed by atoms with Crippen molar-refractivity contribution >= 4 is 11.6 Å². The van der Waals surface area contributed by atoms with E-state index >= 15 is 0 Å². The van der Waals surface area contributed by atoms with Crippen LogP contribution in [-0.4, -0.2) is 28.8 Å². The van der Waals surface area contributed by atoms with E-state index in [4.69, 9.17) is 5.26 Å².